The number of halogens is 2. The van der Waals surface area contributed by atoms with E-state index in [9.17, 15) is 23.2 Å². The minimum absolute atomic E-state index is 0.00255. The Morgan fingerprint density at radius 3 is 2.40 bits per heavy atom. The molecule has 2 N–H and O–H groups in total. The number of rotatable bonds is 8. The zero-order valence-corrected chi connectivity index (χ0v) is 16.1. The fourth-order valence-electron chi connectivity index (χ4n) is 2.97. The van der Waals surface area contributed by atoms with Crippen molar-refractivity contribution in [1.29, 1.82) is 0 Å². The van der Waals surface area contributed by atoms with Crippen LogP contribution >= 0.6 is 0 Å². The number of hydrogen-bond donors (Lipinski definition) is 2. The quantitative estimate of drug-likeness (QED) is 0.529. The molecule has 1 aromatic heterocycles. The van der Waals surface area contributed by atoms with E-state index in [4.69, 9.17) is 0 Å². The number of nitrogens with zero attached hydrogens (tertiary/aromatic N) is 1. The van der Waals surface area contributed by atoms with E-state index in [0.29, 0.717) is 11.3 Å². The first kappa shape index (κ1) is 21.0. The second kappa shape index (κ2) is 9.21. The summed E-state index contributed by atoms with van der Waals surface area (Å²) in [7, 11) is 0. The number of aromatic amines is 1. The molecule has 0 atom stereocenters. The van der Waals surface area contributed by atoms with Crippen LogP contribution in [0.1, 0.15) is 62.2 Å². The highest BCUT2D eigenvalue weighted by Crippen LogP contribution is 2.24. The lowest BCUT2D eigenvalue weighted by atomic mass is 9.98. The summed E-state index contributed by atoms with van der Waals surface area (Å²) in [5.41, 5.74) is 0.930. The molecular weight excluding hydrogens is 392 g/mol. The summed E-state index contributed by atoms with van der Waals surface area (Å²) >= 11 is 0. The molecule has 0 radical (unpaired) electrons. The Hall–Kier alpha value is -3.68. The third-order valence-corrected chi connectivity index (χ3v) is 4.52. The topological polar surface area (TPSA) is 91.9 Å². The van der Waals surface area contributed by atoms with E-state index in [0.717, 1.165) is 0 Å². The number of carbonyl (C=O) groups is 3. The average Bonchev–Trinajstić information content (AvgIpc) is 3.24. The summed E-state index contributed by atoms with van der Waals surface area (Å²) in [6.07, 6.45) is -1.27. The monoisotopic (exact) mass is 411 g/mol. The number of ketones is 2. The third kappa shape index (κ3) is 4.65. The number of amides is 1. The number of carbonyl (C=O) groups excluding carboxylic acids is 3. The number of H-pyrrole nitrogens is 1. The number of anilines is 1. The Morgan fingerprint density at radius 1 is 1.03 bits per heavy atom. The van der Waals surface area contributed by atoms with Crippen molar-refractivity contribution < 1.29 is 23.2 Å². The molecule has 30 heavy (non-hydrogen) atoms. The van der Waals surface area contributed by atoms with E-state index >= 15 is 0 Å². The average molecular weight is 411 g/mol. The van der Waals surface area contributed by atoms with Crippen molar-refractivity contribution in [3.8, 4) is 0 Å². The number of Topliss-reactive ketones (excluding diaryl/α,β-unsaturated/α-hetero) is 2. The number of imidazole rings is 1. The summed E-state index contributed by atoms with van der Waals surface area (Å²) < 4.78 is 26.2. The number of alkyl halides is 2. The van der Waals surface area contributed by atoms with Crippen LogP contribution in [0, 0.1) is 0 Å². The Balaban J connectivity index is 1.69. The lowest BCUT2D eigenvalue weighted by Gasteiger charge is -2.09. The van der Waals surface area contributed by atoms with E-state index in [1.54, 1.807) is 37.3 Å². The van der Waals surface area contributed by atoms with Crippen molar-refractivity contribution in [3.05, 3.63) is 82.9 Å². The summed E-state index contributed by atoms with van der Waals surface area (Å²) in [5, 5.41) is 2.65. The van der Waals surface area contributed by atoms with E-state index in [1.165, 1.54) is 24.5 Å². The third-order valence-electron chi connectivity index (χ3n) is 4.52. The van der Waals surface area contributed by atoms with Crippen molar-refractivity contribution in [1.82, 2.24) is 9.97 Å². The lowest BCUT2D eigenvalue weighted by molar-refractivity contribution is 0.0963. The number of benzene rings is 2. The standard InChI is InChI=1S/C22H19F2N3O3/c1-2-17(28)19-20(26-12-25-19)22(30)27-14-9-7-13(8-10-14)11-18(29)15-5-3-4-6-16(15)21(23)24/h3-10,12,21H,2,11H2,1H3,(H,25,26)(H,27,30). The van der Waals surface area contributed by atoms with Crippen LogP contribution < -0.4 is 5.32 Å². The van der Waals surface area contributed by atoms with Crippen LogP contribution in [-0.2, 0) is 6.42 Å². The van der Waals surface area contributed by atoms with Crippen LogP contribution in [0.3, 0.4) is 0 Å². The zero-order valence-electron chi connectivity index (χ0n) is 16.1. The van der Waals surface area contributed by atoms with Gasteiger partial charge in [0.2, 0.25) is 0 Å². The molecule has 1 amide bonds. The summed E-state index contributed by atoms with van der Waals surface area (Å²) in [6, 6.07) is 12.1. The maximum atomic E-state index is 13.1. The van der Waals surface area contributed by atoms with Gasteiger partial charge >= 0.3 is 0 Å². The molecule has 0 spiro atoms. The molecule has 3 rings (SSSR count). The largest absolute Gasteiger partial charge is 0.340 e. The highest BCUT2D eigenvalue weighted by molar-refractivity contribution is 6.10. The van der Waals surface area contributed by atoms with Crippen molar-refractivity contribution in [2.24, 2.45) is 0 Å². The second-order valence-corrected chi connectivity index (χ2v) is 6.54. The zero-order chi connectivity index (χ0) is 21.7. The Bertz CT molecular complexity index is 1080. The normalized spacial score (nSPS) is 10.8. The van der Waals surface area contributed by atoms with Gasteiger partial charge in [-0.3, -0.25) is 14.4 Å². The van der Waals surface area contributed by atoms with Crippen LogP contribution in [0.15, 0.2) is 54.9 Å². The molecule has 0 unspecified atom stereocenters. The van der Waals surface area contributed by atoms with Gasteiger partial charge in [0.1, 0.15) is 11.4 Å². The summed E-state index contributed by atoms with van der Waals surface area (Å²) in [5.74, 6) is -1.18. The minimum Gasteiger partial charge on any atom is -0.340 e. The molecular formula is C22H19F2N3O3. The van der Waals surface area contributed by atoms with Gasteiger partial charge in [-0.05, 0) is 17.7 Å². The van der Waals surface area contributed by atoms with Gasteiger partial charge in [0.15, 0.2) is 11.6 Å². The van der Waals surface area contributed by atoms with Crippen LogP contribution in [0.5, 0.6) is 0 Å². The predicted molar refractivity (Wildman–Crippen MR) is 107 cm³/mol. The first-order valence-electron chi connectivity index (χ1n) is 9.27. The highest BCUT2D eigenvalue weighted by atomic mass is 19.3. The van der Waals surface area contributed by atoms with Gasteiger partial charge in [-0.15, -0.1) is 0 Å². The lowest BCUT2D eigenvalue weighted by Crippen LogP contribution is -2.16. The maximum absolute atomic E-state index is 13.1. The predicted octanol–water partition coefficient (Wildman–Crippen LogP) is 4.62. The van der Waals surface area contributed by atoms with E-state index < -0.39 is 18.1 Å². The smallest absolute Gasteiger partial charge is 0.274 e. The molecule has 0 aliphatic heterocycles. The molecule has 1 heterocycles. The van der Waals surface area contributed by atoms with Gasteiger partial charge in [-0.1, -0.05) is 43.3 Å². The Kier molecular flexibility index (Phi) is 6.46. The molecule has 0 fully saturated rings. The van der Waals surface area contributed by atoms with Crippen molar-refractivity contribution in [3.63, 3.8) is 0 Å². The molecule has 3 aromatic rings. The molecule has 0 saturated carbocycles. The minimum atomic E-state index is -2.73. The van der Waals surface area contributed by atoms with Gasteiger partial charge in [0.25, 0.3) is 12.3 Å². The first-order chi connectivity index (χ1) is 14.4. The fourth-order valence-corrected chi connectivity index (χ4v) is 2.97. The van der Waals surface area contributed by atoms with Gasteiger partial charge in [-0.2, -0.15) is 0 Å². The van der Waals surface area contributed by atoms with Crippen LogP contribution in [0.4, 0.5) is 14.5 Å². The highest BCUT2D eigenvalue weighted by Gasteiger charge is 2.20. The number of aromatic nitrogens is 2. The van der Waals surface area contributed by atoms with Crippen LogP contribution in [0.25, 0.3) is 0 Å². The molecule has 2 aromatic carbocycles. The molecule has 0 saturated heterocycles. The summed E-state index contributed by atoms with van der Waals surface area (Å²) in [4.78, 5) is 43.2. The fraction of sp³-hybridized carbons (Fsp3) is 0.182. The van der Waals surface area contributed by atoms with Crippen molar-refractivity contribution in [2.45, 2.75) is 26.2 Å². The molecule has 0 aliphatic rings. The van der Waals surface area contributed by atoms with Crippen molar-refractivity contribution >= 4 is 23.2 Å². The Morgan fingerprint density at radius 2 is 1.73 bits per heavy atom. The molecule has 0 aliphatic carbocycles. The maximum Gasteiger partial charge on any atom is 0.274 e. The number of nitrogens with one attached hydrogen (secondary N) is 2. The van der Waals surface area contributed by atoms with Gasteiger partial charge in [-0.25, -0.2) is 13.8 Å². The Labute approximate surface area is 171 Å². The van der Waals surface area contributed by atoms with E-state index in [2.05, 4.69) is 15.3 Å². The first-order valence-corrected chi connectivity index (χ1v) is 9.27. The van der Waals surface area contributed by atoms with Crippen LogP contribution in [0.2, 0.25) is 0 Å². The van der Waals surface area contributed by atoms with Crippen molar-refractivity contribution in [2.75, 3.05) is 5.32 Å². The summed E-state index contributed by atoms with van der Waals surface area (Å²) in [6.45, 7) is 1.68. The van der Waals surface area contributed by atoms with E-state index in [-0.39, 0.29) is 41.1 Å². The molecule has 0 bridgehead atoms. The molecule has 6 nitrogen and oxygen atoms in total. The molecule has 8 heteroatoms. The molecule has 154 valence electrons. The van der Waals surface area contributed by atoms with Gasteiger partial charge < -0.3 is 10.3 Å². The second-order valence-electron chi connectivity index (χ2n) is 6.54. The van der Waals surface area contributed by atoms with E-state index in [1.807, 2.05) is 0 Å². The van der Waals surface area contributed by atoms with Gasteiger partial charge in [0.05, 0.1) is 6.33 Å². The number of hydrogen-bond acceptors (Lipinski definition) is 4. The van der Waals surface area contributed by atoms with Gasteiger partial charge in [0, 0.05) is 29.7 Å². The SMILES string of the molecule is CCC(=O)c1nc[nH]c1C(=O)Nc1ccc(CC(=O)c2ccccc2C(F)F)cc1. The van der Waals surface area contributed by atoms with Crippen LogP contribution in [-0.4, -0.2) is 27.4 Å².